The summed E-state index contributed by atoms with van der Waals surface area (Å²) in [5.74, 6) is -0.832. The molecular weight excluding hydrogens is 258 g/mol. The Kier molecular flexibility index (Phi) is 4.17. The Morgan fingerprint density at radius 3 is 2.95 bits per heavy atom. The fourth-order valence-corrected chi connectivity index (χ4v) is 1.79. The summed E-state index contributed by atoms with van der Waals surface area (Å²) in [5.41, 5.74) is 7.60. The highest BCUT2D eigenvalue weighted by molar-refractivity contribution is 5.94. The number of nitrogens with two attached hydrogens (primary N) is 1. The molecule has 0 fully saturated rings. The number of carbonyl (C=O) groups is 1. The lowest BCUT2D eigenvalue weighted by atomic mass is 10.2. The number of aromatic carboxylic acids is 1. The molecule has 4 N–H and O–H groups in total. The Morgan fingerprint density at radius 2 is 2.25 bits per heavy atom. The van der Waals surface area contributed by atoms with Gasteiger partial charge in [0.1, 0.15) is 11.4 Å². The van der Waals surface area contributed by atoms with Crippen LogP contribution in [0.3, 0.4) is 0 Å². The maximum absolute atomic E-state index is 11.2. The summed E-state index contributed by atoms with van der Waals surface area (Å²) >= 11 is 0. The summed E-state index contributed by atoms with van der Waals surface area (Å²) in [7, 11) is 1.62. The standard InChI is InChI=1S/C14H15N3O3/c1-20-8-9-3-2-4-11(5-9)17-13-12(14(18)19)6-10(15)7-16-13/h2-7H,8,15H2,1H3,(H,16,17)(H,18,19). The van der Waals surface area contributed by atoms with Crippen LogP contribution in [0.25, 0.3) is 0 Å². The molecule has 6 heteroatoms. The molecule has 1 aromatic heterocycles. The van der Waals surface area contributed by atoms with Gasteiger partial charge in [-0.1, -0.05) is 12.1 Å². The summed E-state index contributed by atoms with van der Waals surface area (Å²) in [6.45, 7) is 0.483. The van der Waals surface area contributed by atoms with E-state index in [0.717, 1.165) is 11.3 Å². The molecule has 104 valence electrons. The number of pyridine rings is 1. The molecule has 0 aliphatic heterocycles. The molecule has 0 spiro atoms. The van der Waals surface area contributed by atoms with Crippen LogP contribution in [0.2, 0.25) is 0 Å². The Labute approximate surface area is 116 Å². The molecule has 1 aromatic carbocycles. The van der Waals surface area contributed by atoms with Crippen molar-refractivity contribution in [1.29, 1.82) is 0 Å². The van der Waals surface area contributed by atoms with Gasteiger partial charge < -0.3 is 20.9 Å². The highest BCUT2D eigenvalue weighted by Crippen LogP contribution is 2.21. The number of hydrogen-bond acceptors (Lipinski definition) is 5. The molecule has 0 amide bonds. The number of nitrogens with one attached hydrogen (secondary N) is 1. The molecule has 20 heavy (non-hydrogen) atoms. The van der Waals surface area contributed by atoms with Crippen molar-refractivity contribution in [3.63, 3.8) is 0 Å². The van der Waals surface area contributed by atoms with Crippen LogP contribution in [-0.2, 0) is 11.3 Å². The molecule has 2 rings (SSSR count). The zero-order valence-electron chi connectivity index (χ0n) is 11.0. The minimum absolute atomic E-state index is 0.0298. The minimum Gasteiger partial charge on any atom is -0.478 e. The number of benzene rings is 1. The summed E-state index contributed by atoms with van der Waals surface area (Å²) in [4.78, 5) is 15.2. The zero-order valence-corrected chi connectivity index (χ0v) is 11.0. The Bertz CT molecular complexity index is 629. The van der Waals surface area contributed by atoms with Crippen LogP contribution in [0.1, 0.15) is 15.9 Å². The maximum atomic E-state index is 11.2. The van der Waals surface area contributed by atoms with E-state index in [9.17, 15) is 4.79 Å². The number of aromatic nitrogens is 1. The second-order valence-electron chi connectivity index (χ2n) is 4.23. The second-order valence-corrected chi connectivity index (χ2v) is 4.23. The van der Waals surface area contributed by atoms with Crippen LogP contribution >= 0.6 is 0 Å². The van der Waals surface area contributed by atoms with Crippen molar-refractivity contribution in [2.45, 2.75) is 6.61 Å². The third-order valence-electron chi connectivity index (χ3n) is 2.64. The molecule has 0 aliphatic rings. The van der Waals surface area contributed by atoms with E-state index in [-0.39, 0.29) is 11.4 Å². The highest BCUT2D eigenvalue weighted by Gasteiger charge is 2.12. The predicted molar refractivity (Wildman–Crippen MR) is 76.0 cm³/mol. The van der Waals surface area contributed by atoms with Crippen LogP contribution in [0.5, 0.6) is 0 Å². The fraction of sp³-hybridized carbons (Fsp3) is 0.143. The van der Waals surface area contributed by atoms with Gasteiger partial charge in [-0.15, -0.1) is 0 Å². The molecule has 0 radical (unpaired) electrons. The Morgan fingerprint density at radius 1 is 1.45 bits per heavy atom. The largest absolute Gasteiger partial charge is 0.478 e. The first-order chi connectivity index (χ1) is 9.60. The third-order valence-corrected chi connectivity index (χ3v) is 2.64. The average molecular weight is 273 g/mol. The van der Waals surface area contributed by atoms with Crippen molar-refractivity contribution in [1.82, 2.24) is 4.98 Å². The van der Waals surface area contributed by atoms with Gasteiger partial charge in [0.25, 0.3) is 0 Å². The Balaban J connectivity index is 2.30. The number of ether oxygens (including phenoxy) is 1. The molecule has 1 heterocycles. The molecule has 0 unspecified atom stereocenters. The lowest BCUT2D eigenvalue weighted by molar-refractivity contribution is 0.0697. The molecular formula is C14H15N3O3. The van der Waals surface area contributed by atoms with Crippen LogP contribution in [0.15, 0.2) is 36.5 Å². The van der Waals surface area contributed by atoms with Gasteiger partial charge in [-0.2, -0.15) is 0 Å². The van der Waals surface area contributed by atoms with Crippen molar-refractivity contribution < 1.29 is 14.6 Å². The monoisotopic (exact) mass is 273 g/mol. The number of rotatable bonds is 5. The fourth-order valence-electron chi connectivity index (χ4n) is 1.79. The SMILES string of the molecule is COCc1cccc(Nc2ncc(N)cc2C(=O)O)c1. The van der Waals surface area contributed by atoms with E-state index < -0.39 is 5.97 Å². The predicted octanol–water partition coefficient (Wildman–Crippen LogP) is 2.25. The second kappa shape index (κ2) is 6.03. The van der Waals surface area contributed by atoms with Gasteiger partial charge in [0.15, 0.2) is 0 Å². The van der Waals surface area contributed by atoms with E-state index in [1.807, 2.05) is 24.3 Å². The lowest BCUT2D eigenvalue weighted by Gasteiger charge is -2.10. The summed E-state index contributed by atoms with van der Waals surface area (Å²) < 4.78 is 5.06. The Hall–Kier alpha value is -2.60. The molecule has 0 saturated carbocycles. The first kappa shape index (κ1) is 13.8. The van der Waals surface area contributed by atoms with E-state index in [1.165, 1.54) is 12.3 Å². The normalized spacial score (nSPS) is 10.2. The number of carboxylic acids is 1. The van der Waals surface area contributed by atoms with E-state index in [4.69, 9.17) is 15.6 Å². The number of carboxylic acid groups (broad SMARTS) is 1. The quantitative estimate of drug-likeness (QED) is 0.773. The molecule has 0 bridgehead atoms. The van der Waals surface area contributed by atoms with Crippen LogP contribution in [0, 0.1) is 0 Å². The van der Waals surface area contributed by atoms with E-state index >= 15 is 0 Å². The first-order valence-corrected chi connectivity index (χ1v) is 5.94. The van der Waals surface area contributed by atoms with Gasteiger partial charge in [-0.05, 0) is 23.8 Å². The smallest absolute Gasteiger partial charge is 0.339 e. The zero-order chi connectivity index (χ0) is 14.5. The first-order valence-electron chi connectivity index (χ1n) is 5.94. The van der Waals surface area contributed by atoms with Gasteiger partial charge in [0.2, 0.25) is 0 Å². The molecule has 6 nitrogen and oxygen atoms in total. The number of hydrogen-bond donors (Lipinski definition) is 3. The van der Waals surface area contributed by atoms with Crippen molar-refractivity contribution in [2.75, 3.05) is 18.2 Å². The van der Waals surface area contributed by atoms with Gasteiger partial charge in [0, 0.05) is 12.8 Å². The van der Waals surface area contributed by atoms with Gasteiger partial charge in [-0.25, -0.2) is 9.78 Å². The average Bonchev–Trinajstić information content (AvgIpc) is 2.41. The van der Waals surface area contributed by atoms with Gasteiger partial charge >= 0.3 is 5.97 Å². The lowest BCUT2D eigenvalue weighted by Crippen LogP contribution is -2.06. The molecule has 2 aromatic rings. The van der Waals surface area contributed by atoms with Gasteiger partial charge in [0.05, 0.1) is 18.5 Å². The number of nitrogens with zero attached hydrogens (tertiary/aromatic N) is 1. The van der Waals surface area contributed by atoms with Crippen molar-refractivity contribution in [2.24, 2.45) is 0 Å². The molecule has 0 aliphatic carbocycles. The van der Waals surface area contributed by atoms with Crippen molar-refractivity contribution in [3.8, 4) is 0 Å². The molecule has 0 saturated heterocycles. The van der Waals surface area contributed by atoms with Crippen LogP contribution in [-0.4, -0.2) is 23.2 Å². The number of anilines is 3. The maximum Gasteiger partial charge on any atom is 0.339 e. The van der Waals surface area contributed by atoms with E-state index in [2.05, 4.69) is 10.3 Å². The molecule has 0 atom stereocenters. The highest BCUT2D eigenvalue weighted by atomic mass is 16.5. The van der Waals surface area contributed by atoms with Gasteiger partial charge in [-0.3, -0.25) is 0 Å². The number of nitrogen functional groups attached to an aromatic ring is 1. The van der Waals surface area contributed by atoms with Crippen LogP contribution < -0.4 is 11.1 Å². The number of methoxy groups -OCH3 is 1. The van der Waals surface area contributed by atoms with E-state index in [0.29, 0.717) is 12.3 Å². The summed E-state index contributed by atoms with van der Waals surface area (Å²) in [5, 5.41) is 12.1. The van der Waals surface area contributed by atoms with E-state index in [1.54, 1.807) is 7.11 Å². The third kappa shape index (κ3) is 3.24. The van der Waals surface area contributed by atoms with Crippen molar-refractivity contribution >= 4 is 23.2 Å². The summed E-state index contributed by atoms with van der Waals surface area (Å²) in [6, 6.07) is 8.84. The topological polar surface area (TPSA) is 97.5 Å². The van der Waals surface area contributed by atoms with Crippen molar-refractivity contribution in [3.05, 3.63) is 47.7 Å². The summed E-state index contributed by atoms with van der Waals surface area (Å²) in [6.07, 6.45) is 1.41. The minimum atomic E-state index is -1.08. The van der Waals surface area contributed by atoms with Crippen LogP contribution in [0.4, 0.5) is 17.2 Å².